The lowest BCUT2D eigenvalue weighted by molar-refractivity contribution is -0.154. The number of fused-ring (bicyclic) bond motifs is 3. The van der Waals surface area contributed by atoms with Crippen molar-refractivity contribution in [1.29, 1.82) is 5.26 Å². The zero-order valence-electron chi connectivity index (χ0n) is 19.7. The number of rotatable bonds is 7. The number of anilines is 1. The quantitative estimate of drug-likeness (QED) is 0.547. The maximum Gasteiger partial charge on any atom is 0.245 e. The molecule has 3 amide bonds. The highest BCUT2D eigenvalue weighted by molar-refractivity contribution is 5.92. The lowest BCUT2D eigenvalue weighted by atomic mass is 9.74. The Labute approximate surface area is 203 Å². The minimum absolute atomic E-state index is 0.0422. The third-order valence-corrected chi connectivity index (χ3v) is 7.47. The van der Waals surface area contributed by atoms with Gasteiger partial charge in [0.25, 0.3) is 0 Å². The first kappa shape index (κ1) is 24.9. The first-order valence-electron chi connectivity index (χ1n) is 12.3. The van der Waals surface area contributed by atoms with E-state index in [0.29, 0.717) is 13.0 Å². The number of halogens is 2. The summed E-state index contributed by atoms with van der Waals surface area (Å²) in [6.45, 7) is 2.18. The molecule has 2 bridgehead atoms. The SMILES string of the molecule is C[C@@H](Nc1cc(F)ccc1F)C(=O)N1C2CCC(CC2)[C@@H]1C(=O)N[C@H](C#N)C[C@H]1CCCNC1=O. The minimum Gasteiger partial charge on any atom is -0.371 e. The van der Waals surface area contributed by atoms with Gasteiger partial charge >= 0.3 is 0 Å². The van der Waals surface area contributed by atoms with Crippen LogP contribution in [0.4, 0.5) is 14.5 Å². The van der Waals surface area contributed by atoms with E-state index >= 15 is 0 Å². The molecule has 1 aromatic rings. The molecule has 3 saturated heterocycles. The van der Waals surface area contributed by atoms with Crippen molar-refractivity contribution in [3.05, 3.63) is 29.8 Å². The molecule has 35 heavy (non-hydrogen) atoms. The highest BCUT2D eigenvalue weighted by atomic mass is 19.1. The average Bonchev–Trinajstić information content (AvgIpc) is 2.86. The van der Waals surface area contributed by atoms with E-state index in [4.69, 9.17) is 0 Å². The monoisotopic (exact) mass is 487 g/mol. The summed E-state index contributed by atoms with van der Waals surface area (Å²) >= 11 is 0. The van der Waals surface area contributed by atoms with Gasteiger partial charge in [0.2, 0.25) is 17.7 Å². The molecule has 1 saturated carbocycles. The van der Waals surface area contributed by atoms with Gasteiger partial charge in [-0.1, -0.05) is 0 Å². The molecule has 188 valence electrons. The molecule has 0 unspecified atom stereocenters. The maximum absolute atomic E-state index is 14.1. The van der Waals surface area contributed by atoms with Crippen molar-refractivity contribution in [3.63, 3.8) is 0 Å². The van der Waals surface area contributed by atoms with Gasteiger partial charge in [-0.3, -0.25) is 14.4 Å². The average molecular weight is 488 g/mol. The summed E-state index contributed by atoms with van der Waals surface area (Å²) in [7, 11) is 0. The predicted molar refractivity (Wildman–Crippen MR) is 124 cm³/mol. The molecule has 1 aliphatic carbocycles. The highest BCUT2D eigenvalue weighted by Gasteiger charge is 2.48. The van der Waals surface area contributed by atoms with E-state index in [1.165, 1.54) is 0 Å². The largest absolute Gasteiger partial charge is 0.371 e. The van der Waals surface area contributed by atoms with Gasteiger partial charge in [0.05, 0.1) is 11.8 Å². The second-order valence-corrected chi connectivity index (χ2v) is 9.81. The fourth-order valence-electron chi connectivity index (χ4n) is 5.68. The summed E-state index contributed by atoms with van der Waals surface area (Å²) in [5.74, 6) is -2.56. The van der Waals surface area contributed by atoms with E-state index in [1.54, 1.807) is 11.8 Å². The summed E-state index contributed by atoms with van der Waals surface area (Å²) < 4.78 is 27.7. The summed E-state index contributed by atoms with van der Waals surface area (Å²) in [4.78, 5) is 40.5. The van der Waals surface area contributed by atoms with Gasteiger partial charge in [-0.15, -0.1) is 0 Å². The lowest BCUT2D eigenvalue weighted by Gasteiger charge is -2.51. The van der Waals surface area contributed by atoms with Crippen molar-refractivity contribution in [3.8, 4) is 6.07 Å². The second-order valence-electron chi connectivity index (χ2n) is 9.81. The van der Waals surface area contributed by atoms with Crippen LogP contribution in [0.3, 0.4) is 0 Å². The van der Waals surface area contributed by atoms with Crippen LogP contribution in [-0.4, -0.2) is 53.3 Å². The topological polar surface area (TPSA) is 114 Å². The van der Waals surface area contributed by atoms with E-state index < -0.39 is 35.7 Å². The minimum atomic E-state index is -0.890. The van der Waals surface area contributed by atoms with Crippen LogP contribution in [-0.2, 0) is 14.4 Å². The number of hydrogen-bond acceptors (Lipinski definition) is 5. The number of nitrogens with zero attached hydrogens (tertiary/aromatic N) is 2. The van der Waals surface area contributed by atoms with Gasteiger partial charge in [-0.2, -0.15) is 5.26 Å². The van der Waals surface area contributed by atoms with E-state index in [-0.39, 0.29) is 41.8 Å². The Morgan fingerprint density at radius 2 is 1.97 bits per heavy atom. The predicted octanol–water partition coefficient (Wildman–Crippen LogP) is 2.46. The Morgan fingerprint density at radius 1 is 1.23 bits per heavy atom. The number of nitrogens with one attached hydrogen (secondary N) is 3. The number of carbonyl (C=O) groups is 3. The van der Waals surface area contributed by atoms with Crippen molar-refractivity contribution in [1.82, 2.24) is 15.5 Å². The van der Waals surface area contributed by atoms with E-state index in [2.05, 4.69) is 22.0 Å². The summed E-state index contributed by atoms with van der Waals surface area (Å²) in [5, 5.41) is 18.0. The van der Waals surface area contributed by atoms with E-state index in [9.17, 15) is 28.4 Å². The number of piperidine rings is 3. The lowest BCUT2D eigenvalue weighted by Crippen LogP contribution is -2.65. The molecule has 1 aromatic carbocycles. The number of carbonyl (C=O) groups excluding carboxylic acids is 3. The van der Waals surface area contributed by atoms with E-state index in [1.807, 2.05) is 0 Å². The van der Waals surface area contributed by atoms with Gasteiger partial charge in [0.1, 0.15) is 29.8 Å². The van der Waals surface area contributed by atoms with Crippen molar-refractivity contribution < 1.29 is 23.2 Å². The van der Waals surface area contributed by atoms with Gasteiger partial charge in [0.15, 0.2) is 0 Å². The molecule has 8 nitrogen and oxygen atoms in total. The normalized spacial score (nSPS) is 27.4. The van der Waals surface area contributed by atoms with E-state index in [0.717, 1.165) is 50.3 Å². The Balaban J connectivity index is 1.47. The van der Waals surface area contributed by atoms with Crippen LogP contribution in [0.15, 0.2) is 18.2 Å². The molecule has 0 spiro atoms. The van der Waals surface area contributed by atoms with Gasteiger partial charge in [-0.05, 0) is 76.0 Å². The van der Waals surface area contributed by atoms with Gasteiger partial charge in [-0.25, -0.2) is 8.78 Å². The first-order valence-corrected chi connectivity index (χ1v) is 12.3. The van der Waals surface area contributed by atoms with Crippen LogP contribution in [0.1, 0.15) is 51.9 Å². The van der Waals surface area contributed by atoms with Gasteiger partial charge < -0.3 is 20.9 Å². The number of hydrogen-bond donors (Lipinski definition) is 3. The Bertz CT molecular complexity index is 1020. The van der Waals surface area contributed by atoms with Crippen molar-refractivity contribution in [2.75, 3.05) is 11.9 Å². The molecule has 4 fully saturated rings. The molecular weight excluding hydrogens is 456 g/mol. The van der Waals surface area contributed by atoms with Gasteiger partial charge in [0, 0.05) is 18.5 Å². The molecule has 0 aromatic heterocycles. The fourth-order valence-corrected chi connectivity index (χ4v) is 5.68. The Morgan fingerprint density at radius 3 is 2.66 bits per heavy atom. The summed E-state index contributed by atoms with van der Waals surface area (Å²) in [6, 6.07) is 2.46. The van der Waals surface area contributed by atoms with Crippen LogP contribution in [0.25, 0.3) is 0 Å². The smallest absolute Gasteiger partial charge is 0.245 e. The zero-order chi connectivity index (χ0) is 25.1. The fraction of sp³-hybridized carbons (Fsp3) is 0.600. The Hall–Kier alpha value is -3.22. The van der Waals surface area contributed by atoms with Crippen LogP contribution in [0, 0.1) is 34.8 Å². The van der Waals surface area contributed by atoms with Crippen LogP contribution in [0.5, 0.6) is 0 Å². The van der Waals surface area contributed by atoms with Crippen molar-refractivity contribution in [2.45, 2.75) is 76.0 Å². The van der Waals surface area contributed by atoms with Crippen LogP contribution < -0.4 is 16.0 Å². The molecular formula is C25H31F2N5O3. The summed E-state index contributed by atoms with van der Waals surface area (Å²) in [6.07, 6.45) is 4.85. The zero-order valence-corrected chi connectivity index (χ0v) is 19.7. The molecule has 3 heterocycles. The first-order chi connectivity index (χ1) is 16.8. The maximum atomic E-state index is 14.1. The molecule has 3 N–H and O–H groups in total. The number of benzene rings is 1. The second kappa shape index (κ2) is 10.6. The van der Waals surface area contributed by atoms with Crippen LogP contribution >= 0.6 is 0 Å². The molecule has 4 aliphatic rings. The molecule has 5 rings (SSSR count). The highest BCUT2D eigenvalue weighted by Crippen LogP contribution is 2.40. The van der Waals surface area contributed by atoms with Crippen LogP contribution in [0.2, 0.25) is 0 Å². The third-order valence-electron chi connectivity index (χ3n) is 7.47. The number of amides is 3. The molecule has 4 atom stereocenters. The third kappa shape index (κ3) is 5.39. The molecule has 3 aliphatic heterocycles. The van der Waals surface area contributed by atoms with Crippen molar-refractivity contribution >= 4 is 23.4 Å². The molecule has 0 radical (unpaired) electrons. The standard InChI is InChI=1S/C25H31F2N5O3/c1-14(30-21-12-17(26)6-9-20(21)27)25(35)32-19-7-4-15(5-8-19)22(32)24(34)31-18(13-28)11-16-3-2-10-29-23(16)33/h6,9,12,14-16,18-19,22,30H,2-5,7-8,10-11H2,1H3,(H,29,33)(H,31,34)/t14-,15?,16-,18+,19?,22-/m1/s1. The Kier molecular flexibility index (Phi) is 7.53. The summed E-state index contributed by atoms with van der Waals surface area (Å²) in [5.41, 5.74) is -0.121. The van der Waals surface area contributed by atoms with Crippen molar-refractivity contribution in [2.24, 2.45) is 11.8 Å². The number of nitriles is 1. The molecule has 10 heteroatoms.